The fourth-order valence-electron chi connectivity index (χ4n) is 3.01. The fourth-order valence-corrected chi connectivity index (χ4v) is 3.01. The van der Waals surface area contributed by atoms with E-state index in [4.69, 9.17) is 9.47 Å². The first-order valence-corrected chi connectivity index (χ1v) is 7.67. The molecule has 1 atom stereocenters. The van der Waals surface area contributed by atoms with E-state index >= 15 is 0 Å². The Hall–Kier alpha value is -1.97. The normalized spacial score (nSPS) is 14.7. The molecule has 0 saturated carbocycles. The molecule has 1 unspecified atom stereocenters. The largest absolute Gasteiger partial charge is 0.454 e. The molecule has 0 saturated heterocycles. The van der Waals surface area contributed by atoms with Gasteiger partial charge in [-0.25, -0.2) is 4.98 Å². The van der Waals surface area contributed by atoms with Gasteiger partial charge in [0.15, 0.2) is 11.5 Å². The molecule has 0 bridgehead atoms. The quantitative estimate of drug-likeness (QED) is 0.894. The van der Waals surface area contributed by atoms with Crippen molar-refractivity contribution in [2.45, 2.75) is 39.7 Å². The summed E-state index contributed by atoms with van der Waals surface area (Å²) < 4.78 is 10.9. The van der Waals surface area contributed by atoms with Crippen LogP contribution in [0.25, 0.3) is 10.8 Å². The Morgan fingerprint density at radius 2 is 1.90 bits per heavy atom. The van der Waals surface area contributed by atoms with Crippen molar-refractivity contribution in [3.05, 3.63) is 24.4 Å². The third-order valence-corrected chi connectivity index (χ3v) is 4.38. The molecule has 1 aromatic carbocycles. The number of nitrogens with zero attached hydrogens (tertiary/aromatic N) is 1. The lowest BCUT2D eigenvalue weighted by Gasteiger charge is -2.23. The van der Waals surface area contributed by atoms with E-state index in [0.29, 0.717) is 18.8 Å². The Morgan fingerprint density at radius 1 is 1.19 bits per heavy atom. The molecular formula is C17H22N2O2. The van der Waals surface area contributed by atoms with E-state index in [-0.39, 0.29) is 0 Å². The summed E-state index contributed by atoms with van der Waals surface area (Å²) in [5, 5.41) is 5.77. The van der Waals surface area contributed by atoms with Gasteiger partial charge in [-0.05, 0) is 36.4 Å². The summed E-state index contributed by atoms with van der Waals surface area (Å²) in [4.78, 5) is 4.52. The van der Waals surface area contributed by atoms with Crippen molar-refractivity contribution in [3.8, 4) is 11.5 Å². The van der Waals surface area contributed by atoms with Crippen molar-refractivity contribution in [2.75, 3.05) is 12.1 Å². The van der Waals surface area contributed by atoms with Gasteiger partial charge in [0.1, 0.15) is 5.82 Å². The number of nitrogens with one attached hydrogen (secondary N) is 1. The van der Waals surface area contributed by atoms with E-state index in [1.54, 1.807) is 0 Å². The molecule has 0 radical (unpaired) electrons. The van der Waals surface area contributed by atoms with Crippen LogP contribution in [0.5, 0.6) is 11.5 Å². The van der Waals surface area contributed by atoms with Crippen molar-refractivity contribution < 1.29 is 9.47 Å². The highest BCUT2D eigenvalue weighted by molar-refractivity contribution is 5.94. The molecular weight excluding hydrogens is 264 g/mol. The van der Waals surface area contributed by atoms with Crippen molar-refractivity contribution >= 4 is 16.6 Å². The molecule has 0 fully saturated rings. The van der Waals surface area contributed by atoms with Gasteiger partial charge in [-0.2, -0.15) is 0 Å². The van der Waals surface area contributed by atoms with Crippen LogP contribution < -0.4 is 14.8 Å². The first-order chi connectivity index (χ1) is 10.2. The maximum atomic E-state index is 5.48. The monoisotopic (exact) mass is 286 g/mol. The van der Waals surface area contributed by atoms with Gasteiger partial charge in [-0.3, -0.25) is 0 Å². The number of fused-ring (bicyclic) bond motifs is 2. The number of anilines is 1. The number of ether oxygens (including phenoxy) is 2. The van der Waals surface area contributed by atoms with Gasteiger partial charge in [0, 0.05) is 17.6 Å². The van der Waals surface area contributed by atoms with Gasteiger partial charge in [0.25, 0.3) is 0 Å². The van der Waals surface area contributed by atoms with E-state index in [9.17, 15) is 0 Å². The first-order valence-electron chi connectivity index (χ1n) is 7.67. The maximum absolute atomic E-state index is 5.48. The van der Waals surface area contributed by atoms with Gasteiger partial charge in [0.05, 0.1) is 0 Å². The lowest BCUT2D eigenvalue weighted by molar-refractivity contribution is 0.174. The minimum atomic E-state index is 0.298. The van der Waals surface area contributed by atoms with Gasteiger partial charge >= 0.3 is 0 Å². The smallest absolute Gasteiger partial charge is 0.231 e. The Labute approximate surface area is 125 Å². The van der Waals surface area contributed by atoms with Gasteiger partial charge in [0.2, 0.25) is 6.79 Å². The lowest BCUT2D eigenvalue weighted by Crippen LogP contribution is -2.25. The van der Waals surface area contributed by atoms with Gasteiger partial charge in [-0.15, -0.1) is 0 Å². The topological polar surface area (TPSA) is 43.4 Å². The summed E-state index contributed by atoms with van der Waals surface area (Å²) in [6.07, 6.45) is 4.18. The number of hydrogen-bond donors (Lipinski definition) is 1. The zero-order valence-electron chi connectivity index (χ0n) is 12.8. The molecule has 1 aliphatic rings. The van der Waals surface area contributed by atoms with E-state index in [1.165, 1.54) is 12.8 Å². The highest BCUT2D eigenvalue weighted by Crippen LogP contribution is 2.38. The average Bonchev–Trinajstić information content (AvgIpc) is 2.94. The van der Waals surface area contributed by atoms with Crippen LogP contribution in [-0.2, 0) is 0 Å². The molecule has 2 heterocycles. The number of rotatable bonds is 5. The van der Waals surface area contributed by atoms with Crippen molar-refractivity contribution in [1.29, 1.82) is 0 Å². The summed E-state index contributed by atoms with van der Waals surface area (Å²) in [6.45, 7) is 7.00. The van der Waals surface area contributed by atoms with Crippen molar-refractivity contribution in [1.82, 2.24) is 4.98 Å². The average molecular weight is 286 g/mol. The molecule has 1 N–H and O–H groups in total. The standard InChI is InChI=1S/C17H22N2O2/c1-4-12(5-2)11(3)19-17-14-9-16-15(20-10-21-16)8-13(14)6-7-18-17/h6-9,11-12H,4-5,10H2,1-3H3,(H,18,19). The number of hydrogen-bond acceptors (Lipinski definition) is 4. The molecule has 1 aliphatic heterocycles. The van der Waals surface area contributed by atoms with Crippen molar-refractivity contribution in [3.63, 3.8) is 0 Å². The van der Waals surface area contributed by atoms with Crippen LogP contribution in [0.15, 0.2) is 24.4 Å². The number of benzene rings is 1. The Balaban J connectivity index is 1.95. The van der Waals surface area contributed by atoms with Crippen LogP contribution in [0.4, 0.5) is 5.82 Å². The van der Waals surface area contributed by atoms with Crippen LogP contribution in [0.2, 0.25) is 0 Å². The second-order valence-corrected chi connectivity index (χ2v) is 5.60. The summed E-state index contributed by atoms with van der Waals surface area (Å²) in [7, 11) is 0. The van der Waals surface area contributed by atoms with Crippen LogP contribution >= 0.6 is 0 Å². The minimum Gasteiger partial charge on any atom is -0.454 e. The van der Waals surface area contributed by atoms with Crippen LogP contribution in [0.1, 0.15) is 33.6 Å². The van der Waals surface area contributed by atoms with Crippen LogP contribution in [0.3, 0.4) is 0 Å². The fraction of sp³-hybridized carbons (Fsp3) is 0.471. The summed E-state index contributed by atoms with van der Waals surface area (Å²) in [6, 6.07) is 6.44. The summed E-state index contributed by atoms with van der Waals surface area (Å²) >= 11 is 0. The molecule has 4 nitrogen and oxygen atoms in total. The zero-order valence-corrected chi connectivity index (χ0v) is 12.8. The summed E-state index contributed by atoms with van der Waals surface area (Å²) in [5.41, 5.74) is 0. The second-order valence-electron chi connectivity index (χ2n) is 5.60. The minimum absolute atomic E-state index is 0.298. The van der Waals surface area contributed by atoms with Crippen molar-refractivity contribution in [2.24, 2.45) is 5.92 Å². The predicted octanol–water partition coefficient (Wildman–Crippen LogP) is 4.20. The SMILES string of the molecule is CCC(CC)C(C)Nc1nccc2cc3c(cc12)OCO3. The highest BCUT2D eigenvalue weighted by atomic mass is 16.7. The van der Waals surface area contributed by atoms with E-state index in [2.05, 4.69) is 31.1 Å². The zero-order chi connectivity index (χ0) is 14.8. The number of pyridine rings is 1. The second kappa shape index (κ2) is 5.80. The molecule has 0 aliphatic carbocycles. The Morgan fingerprint density at radius 3 is 2.62 bits per heavy atom. The Kier molecular flexibility index (Phi) is 3.86. The Bertz CT molecular complexity index is 638. The molecule has 3 rings (SSSR count). The maximum Gasteiger partial charge on any atom is 0.231 e. The van der Waals surface area contributed by atoms with Gasteiger partial charge < -0.3 is 14.8 Å². The van der Waals surface area contributed by atoms with E-state index in [0.717, 1.165) is 28.1 Å². The lowest BCUT2D eigenvalue weighted by atomic mass is 9.95. The molecule has 112 valence electrons. The predicted molar refractivity (Wildman–Crippen MR) is 85.0 cm³/mol. The summed E-state index contributed by atoms with van der Waals surface area (Å²) in [5.74, 6) is 3.18. The third kappa shape index (κ3) is 2.62. The highest BCUT2D eigenvalue weighted by Gasteiger charge is 2.18. The molecule has 0 amide bonds. The van der Waals surface area contributed by atoms with Gasteiger partial charge in [-0.1, -0.05) is 26.7 Å². The molecule has 21 heavy (non-hydrogen) atoms. The first kappa shape index (κ1) is 14.0. The molecule has 2 aromatic rings. The van der Waals surface area contributed by atoms with E-state index in [1.807, 2.05) is 24.4 Å². The van der Waals surface area contributed by atoms with E-state index < -0.39 is 0 Å². The third-order valence-electron chi connectivity index (χ3n) is 4.38. The number of aromatic nitrogens is 1. The molecule has 1 aromatic heterocycles. The molecule has 0 spiro atoms. The van der Waals surface area contributed by atoms with Crippen LogP contribution in [0, 0.1) is 5.92 Å². The van der Waals surface area contributed by atoms with Crippen LogP contribution in [-0.4, -0.2) is 17.8 Å². The molecule has 4 heteroatoms.